The summed E-state index contributed by atoms with van der Waals surface area (Å²) in [5.74, 6) is 2.46. The third-order valence-corrected chi connectivity index (χ3v) is 19.9. The maximum atomic E-state index is 14.0. The number of rotatable bonds is 20. The summed E-state index contributed by atoms with van der Waals surface area (Å²) in [7, 11) is -3.53. The molecule has 0 aromatic heterocycles. The van der Waals surface area contributed by atoms with Crippen LogP contribution in [0.25, 0.3) is 0 Å². The summed E-state index contributed by atoms with van der Waals surface area (Å²) in [5, 5.41) is 1.94. The lowest BCUT2D eigenvalue weighted by molar-refractivity contribution is -0.142. The van der Waals surface area contributed by atoms with Crippen LogP contribution >= 0.6 is 58.2 Å². The van der Waals surface area contributed by atoms with Crippen LogP contribution in [0.1, 0.15) is 104 Å². The summed E-state index contributed by atoms with van der Waals surface area (Å²) in [6.07, 6.45) is 5.98. The molecule has 8 rings (SSSR count). The lowest BCUT2D eigenvalue weighted by atomic mass is 9.94. The van der Waals surface area contributed by atoms with E-state index in [9.17, 15) is 27.6 Å². The number of hydrogen-bond donors (Lipinski definition) is 0. The van der Waals surface area contributed by atoms with E-state index in [-0.39, 0.29) is 65.5 Å². The second-order valence-corrected chi connectivity index (χ2v) is 27.3. The SMILES string of the molecule is CC(C)C[C@H](C(=O)CCc1ccc(Cl)c(Cl)c1)N1CCC(CS(=O)(=O)c2ccccc2)N2C[C@H](C)C[C@H]2C1=O.CC(C)C[C@H](C(=O)CCc1ccc(Cl)c(Cl)c1)N1CCC(CSc2ccccc2)N2C[C@H](C)C[C@H]2C1=O. The van der Waals surface area contributed by atoms with E-state index in [1.54, 1.807) is 53.4 Å². The van der Waals surface area contributed by atoms with E-state index >= 15 is 0 Å². The van der Waals surface area contributed by atoms with Crippen molar-refractivity contribution in [2.75, 3.05) is 37.7 Å². The van der Waals surface area contributed by atoms with Gasteiger partial charge in [0.25, 0.3) is 0 Å². The fraction of sp³-hybridized carbons (Fsp3) is 0.533. The molecule has 0 bridgehead atoms. The monoisotopic (exact) mass is 1150 g/mol. The summed E-state index contributed by atoms with van der Waals surface area (Å²) in [4.78, 5) is 65.1. The predicted molar refractivity (Wildman–Crippen MR) is 311 cm³/mol. The summed E-state index contributed by atoms with van der Waals surface area (Å²) >= 11 is 26.3. The van der Waals surface area contributed by atoms with Crippen LogP contribution < -0.4 is 0 Å². The zero-order valence-corrected chi connectivity index (χ0v) is 49.5. The first-order valence-electron chi connectivity index (χ1n) is 27.2. The minimum absolute atomic E-state index is 0.0241. The number of benzene rings is 4. The van der Waals surface area contributed by atoms with Crippen LogP contribution in [-0.2, 0) is 41.9 Å². The van der Waals surface area contributed by atoms with Gasteiger partial charge in [-0.05, 0) is 135 Å². The maximum Gasteiger partial charge on any atom is 0.240 e. The summed E-state index contributed by atoms with van der Waals surface area (Å²) in [5.41, 5.74) is 1.91. The number of thioether (sulfide) groups is 1. The van der Waals surface area contributed by atoms with Crippen molar-refractivity contribution in [2.45, 2.75) is 152 Å². The molecule has 4 aliphatic rings. The van der Waals surface area contributed by atoms with Gasteiger partial charge in [-0.25, -0.2) is 8.42 Å². The Balaban J connectivity index is 0.000000221. The van der Waals surface area contributed by atoms with Gasteiger partial charge < -0.3 is 9.80 Å². The molecular formula is C60H76Cl4N4O6S2. The Kier molecular flexibility index (Phi) is 21.9. The van der Waals surface area contributed by atoms with E-state index in [2.05, 4.69) is 75.6 Å². The Hall–Kier alpha value is -3.46. The topological polar surface area (TPSA) is 115 Å². The standard InChI is InChI=1S/C30H38Cl2N2O4S.C30H38Cl2N2O2S/c1-20(2)15-27(29(35)12-10-22-9-11-25(31)26(32)17-22)33-14-13-23(34-18-21(3)16-28(34)30(33)36)19-39(37,38)24-7-5-4-6-8-24;1-20(2)15-27(29(35)12-10-22-9-11-25(31)26(32)17-22)33-14-13-23(19-37-24-7-5-4-6-8-24)34-18-21(3)16-28(34)30(33)36/h4-9,11,17,20-21,23,27-28H,10,12-16,18-19H2,1-3H3;4-9,11,17,20-21,23,27-28H,10,12-16,18-19H2,1-3H3/t2*21-,23?,27-,28+/m11/s1. The Morgan fingerprint density at radius 1 is 0.605 bits per heavy atom. The Labute approximate surface area is 476 Å². The fourth-order valence-electron chi connectivity index (χ4n) is 11.6. The third-order valence-electron chi connectivity index (χ3n) is 15.5. The van der Waals surface area contributed by atoms with Crippen LogP contribution in [0.4, 0.5) is 0 Å². The molecule has 0 spiro atoms. The zero-order chi connectivity index (χ0) is 54.8. The molecule has 10 nitrogen and oxygen atoms in total. The third kappa shape index (κ3) is 15.9. The van der Waals surface area contributed by atoms with Crippen molar-refractivity contribution in [1.82, 2.24) is 19.6 Å². The van der Waals surface area contributed by atoms with Crippen molar-refractivity contribution >= 4 is 91.4 Å². The Morgan fingerprint density at radius 3 is 1.49 bits per heavy atom. The van der Waals surface area contributed by atoms with Crippen LogP contribution in [0.15, 0.2) is 107 Å². The molecule has 2 amide bonds. The lowest BCUT2D eigenvalue weighted by Gasteiger charge is -2.33. The molecule has 4 aromatic carbocycles. The minimum atomic E-state index is -3.53. The normalized spacial score (nSPS) is 23.2. The summed E-state index contributed by atoms with van der Waals surface area (Å²) in [6.45, 7) is 15.3. The zero-order valence-electron chi connectivity index (χ0n) is 44.9. The molecule has 4 fully saturated rings. The molecule has 0 saturated carbocycles. The molecule has 0 aliphatic carbocycles. The van der Waals surface area contributed by atoms with Gasteiger partial charge in [0.2, 0.25) is 11.8 Å². The molecule has 4 aromatic rings. The fourth-order valence-corrected chi connectivity index (χ4v) is 15.0. The van der Waals surface area contributed by atoms with Gasteiger partial charge in [0, 0.05) is 61.8 Å². The number of sulfone groups is 1. The van der Waals surface area contributed by atoms with Gasteiger partial charge in [-0.3, -0.25) is 29.0 Å². The maximum absolute atomic E-state index is 14.0. The van der Waals surface area contributed by atoms with Crippen molar-refractivity contribution < 1.29 is 27.6 Å². The quantitative estimate of drug-likeness (QED) is 0.0798. The number of Topliss-reactive ketones (excluding diaryl/α,β-unsaturated/α-hetero) is 2. The van der Waals surface area contributed by atoms with Crippen LogP contribution in [0.5, 0.6) is 0 Å². The van der Waals surface area contributed by atoms with Crippen LogP contribution in [0, 0.1) is 23.7 Å². The summed E-state index contributed by atoms with van der Waals surface area (Å²) < 4.78 is 26.6. The number of fused-ring (bicyclic) bond motifs is 2. The van der Waals surface area contributed by atoms with E-state index in [1.807, 2.05) is 40.9 Å². The highest BCUT2D eigenvalue weighted by molar-refractivity contribution is 7.99. The first kappa shape index (κ1) is 60.2. The molecule has 76 heavy (non-hydrogen) atoms. The van der Waals surface area contributed by atoms with Crippen LogP contribution in [0.3, 0.4) is 0 Å². The van der Waals surface area contributed by atoms with Crippen LogP contribution in [-0.4, -0.2) is 125 Å². The smallest absolute Gasteiger partial charge is 0.240 e. The van der Waals surface area contributed by atoms with Gasteiger partial charge in [-0.1, -0.05) is 136 Å². The van der Waals surface area contributed by atoms with Crippen molar-refractivity contribution in [3.8, 4) is 0 Å². The second-order valence-electron chi connectivity index (χ2n) is 22.5. The second kappa shape index (κ2) is 27.6. The number of halogens is 4. The van der Waals surface area contributed by atoms with E-state index in [4.69, 9.17) is 46.4 Å². The predicted octanol–water partition coefficient (Wildman–Crippen LogP) is 12.7. The molecule has 0 N–H and O–H groups in total. The van der Waals surface area contributed by atoms with E-state index in [0.717, 1.165) is 36.3 Å². The number of ketones is 2. The largest absolute Gasteiger partial charge is 0.331 e. The van der Waals surface area contributed by atoms with E-state index < -0.39 is 21.9 Å². The minimum Gasteiger partial charge on any atom is -0.331 e. The summed E-state index contributed by atoms with van der Waals surface area (Å²) in [6, 6.07) is 28.5. The van der Waals surface area contributed by atoms with E-state index in [0.29, 0.717) is 107 Å². The van der Waals surface area contributed by atoms with Crippen LogP contribution in [0.2, 0.25) is 20.1 Å². The van der Waals surface area contributed by atoms with Crippen molar-refractivity contribution in [3.63, 3.8) is 0 Å². The average molecular weight is 1160 g/mol. The van der Waals surface area contributed by atoms with Gasteiger partial charge in [-0.15, -0.1) is 11.8 Å². The molecular weight excluding hydrogens is 1080 g/mol. The average Bonchev–Trinajstić information content (AvgIpc) is 3.92. The molecule has 412 valence electrons. The Morgan fingerprint density at radius 2 is 1.04 bits per heavy atom. The number of carbonyl (C=O) groups is 4. The molecule has 4 aliphatic heterocycles. The molecule has 16 heteroatoms. The first-order chi connectivity index (χ1) is 36.2. The molecule has 4 saturated heterocycles. The molecule has 0 radical (unpaired) electrons. The highest BCUT2D eigenvalue weighted by Crippen LogP contribution is 2.36. The highest BCUT2D eigenvalue weighted by Gasteiger charge is 2.48. The van der Waals surface area contributed by atoms with Gasteiger partial charge in [-0.2, -0.15) is 0 Å². The molecule has 2 unspecified atom stereocenters. The molecule has 8 atom stereocenters. The number of hydrogen-bond acceptors (Lipinski definition) is 9. The molecule has 4 heterocycles. The number of amides is 2. The van der Waals surface area contributed by atoms with Gasteiger partial charge in [0.1, 0.15) is 0 Å². The highest BCUT2D eigenvalue weighted by atomic mass is 35.5. The van der Waals surface area contributed by atoms with Crippen molar-refractivity contribution in [1.29, 1.82) is 0 Å². The number of carbonyl (C=O) groups excluding carboxylic acids is 4. The Bertz CT molecular complexity index is 2730. The van der Waals surface area contributed by atoms with Crippen molar-refractivity contribution in [3.05, 3.63) is 128 Å². The van der Waals surface area contributed by atoms with Gasteiger partial charge in [0.05, 0.1) is 54.9 Å². The van der Waals surface area contributed by atoms with Crippen molar-refractivity contribution in [2.24, 2.45) is 23.7 Å². The first-order valence-corrected chi connectivity index (χ1v) is 31.3. The van der Waals surface area contributed by atoms with Gasteiger partial charge in [0.15, 0.2) is 21.4 Å². The number of aryl methyl sites for hydroxylation is 2. The van der Waals surface area contributed by atoms with Gasteiger partial charge >= 0.3 is 0 Å². The lowest BCUT2D eigenvalue weighted by Crippen LogP contribution is -2.51. The number of nitrogens with zero attached hydrogens (tertiary/aromatic N) is 4. The van der Waals surface area contributed by atoms with E-state index in [1.165, 1.54) is 4.90 Å².